The van der Waals surface area contributed by atoms with Gasteiger partial charge < -0.3 is 14.6 Å². The third-order valence-electron chi connectivity index (χ3n) is 2.62. The second kappa shape index (κ2) is 4.93. The van der Waals surface area contributed by atoms with Crippen molar-refractivity contribution in [3.05, 3.63) is 29.6 Å². The Bertz CT molecular complexity index is 637. The van der Waals surface area contributed by atoms with Crippen molar-refractivity contribution in [2.75, 3.05) is 14.1 Å². The minimum Gasteiger partial charge on any atom is -0.480 e. The molecule has 7 heteroatoms. The summed E-state index contributed by atoms with van der Waals surface area (Å²) < 4.78 is 27.8. The van der Waals surface area contributed by atoms with Gasteiger partial charge in [0.1, 0.15) is 12.4 Å². The molecule has 0 aliphatic heterocycles. The summed E-state index contributed by atoms with van der Waals surface area (Å²) >= 11 is 0. The maximum absolute atomic E-state index is 13.3. The Labute approximate surface area is 108 Å². The Morgan fingerprint density at radius 2 is 2.00 bits per heavy atom. The highest BCUT2D eigenvalue weighted by molar-refractivity contribution is 5.78. The van der Waals surface area contributed by atoms with E-state index in [9.17, 15) is 13.6 Å². The zero-order valence-electron chi connectivity index (χ0n) is 10.5. The van der Waals surface area contributed by atoms with E-state index in [1.54, 1.807) is 19.0 Å². The summed E-state index contributed by atoms with van der Waals surface area (Å²) in [6, 6.07) is 1.95. The highest BCUT2D eigenvalue weighted by Crippen LogP contribution is 2.20. The van der Waals surface area contributed by atoms with E-state index in [1.165, 1.54) is 4.57 Å². The summed E-state index contributed by atoms with van der Waals surface area (Å²) in [7, 11) is 3.59. The predicted molar refractivity (Wildman–Crippen MR) is 64.7 cm³/mol. The monoisotopic (exact) mass is 269 g/mol. The van der Waals surface area contributed by atoms with Crippen LogP contribution in [0.25, 0.3) is 11.0 Å². The largest absolute Gasteiger partial charge is 0.480 e. The molecule has 1 N–H and O–H groups in total. The molecule has 0 aliphatic rings. The van der Waals surface area contributed by atoms with Gasteiger partial charge in [-0.25, -0.2) is 13.8 Å². The van der Waals surface area contributed by atoms with E-state index in [1.807, 2.05) is 0 Å². The third-order valence-corrected chi connectivity index (χ3v) is 2.62. The standard InChI is InChI=1S/C12H13F2N3O2/c1-16(2)5-11-15-9-3-7(13)8(14)4-10(9)17(11)6-12(18)19/h3-4H,5-6H2,1-2H3,(H,18,19). The molecule has 0 spiro atoms. The van der Waals surface area contributed by atoms with E-state index in [0.29, 0.717) is 12.4 Å². The first-order valence-corrected chi connectivity index (χ1v) is 5.59. The van der Waals surface area contributed by atoms with Crippen molar-refractivity contribution >= 4 is 17.0 Å². The van der Waals surface area contributed by atoms with E-state index in [-0.39, 0.29) is 17.6 Å². The lowest BCUT2D eigenvalue weighted by Crippen LogP contribution is -2.18. The maximum Gasteiger partial charge on any atom is 0.323 e. The van der Waals surface area contributed by atoms with Gasteiger partial charge in [-0.3, -0.25) is 4.79 Å². The number of fused-ring (bicyclic) bond motifs is 1. The van der Waals surface area contributed by atoms with E-state index in [2.05, 4.69) is 4.98 Å². The normalized spacial score (nSPS) is 11.4. The summed E-state index contributed by atoms with van der Waals surface area (Å²) in [4.78, 5) is 16.8. The van der Waals surface area contributed by atoms with Crippen molar-refractivity contribution < 1.29 is 18.7 Å². The van der Waals surface area contributed by atoms with Crippen molar-refractivity contribution in [2.24, 2.45) is 0 Å². The predicted octanol–water partition coefficient (Wildman–Crippen LogP) is 1.46. The number of aliphatic carboxylic acids is 1. The molecular weight excluding hydrogens is 256 g/mol. The molecular formula is C12H13F2N3O2. The Morgan fingerprint density at radius 1 is 1.37 bits per heavy atom. The average molecular weight is 269 g/mol. The summed E-state index contributed by atoms with van der Waals surface area (Å²) in [5, 5.41) is 8.90. The van der Waals surface area contributed by atoms with Crippen LogP contribution in [-0.4, -0.2) is 39.6 Å². The molecule has 0 aliphatic carbocycles. The number of aromatic nitrogens is 2. The van der Waals surface area contributed by atoms with E-state index in [0.717, 1.165) is 12.1 Å². The SMILES string of the molecule is CN(C)Cc1nc2cc(F)c(F)cc2n1CC(=O)O. The van der Waals surface area contributed by atoms with Crippen molar-refractivity contribution in [3.63, 3.8) is 0 Å². The van der Waals surface area contributed by atoms with Crippen LogP contribution in [-0.2, 0) is 17.9 Å². The number of halogens is 2. The Morgan fingerprint density at radius 3 is 2.58 bits per heavy atom. The second-order valence-electron chi connectivity index (χ2n) is 4.50. The first kappa shape index (κ1) is 13.4. The summed E-state index contributed by atoms with van der Waals surface area (Å²) in [5.41, 5.74) is 0.523. The lowest BCUT2D eigenvalue weighted by atomic mass is 10.3. The molecule has 1 heterocycles. The molecule has 0 unspecified atom stereocenters. The molecule has 2 aromatic rings. The van der Waals surface area contributed by atoms with Gasteiger partial charge in [-0.1, -0.05) is 0 Å². The van der Waals surface area contributed by atoms with Gasteiger partial charge in [-0.2, -0.15) is 0 Å². The Kier molecular flexibility index (Phi) is 3.48. The van der Waals surface area contributed by atoms with Gasteiger partial charge in [0.05, 0.1) is 17.6 Å². The summed E-state index contributed by atoms with van der Waals surface area (Å²) in [5.74, 6) is -2.63. The smallest absolute Gasteiger partial charge is 0.323 e. The van der Waals surface area contributed by atoms with Gasteiger partial charge >= 0.3 is 5.97 Å². The first-order chi connectivity index (χ1) is 8.88. The van der Waals surface area contributed by atoms with Crippen molar-refractivity contribution in [3.8, 4) is 0 Å². The molecule has 102 valence electrons. The van der Waals surface area contributed by atoms with E-state index >= 15 is 0 Å². The lowest BCUT2D eigenvalue weighted by Gasteiger charge is -2.11. The van der Waals surface area contributed by atoms with Crippen LogP contribution in [0, 0.1) is 11.6 Å². The molecule has 0 bridgehead atoms. The molecule has 1 aromatic carbocycles. The number of benzene rings is 1. The Hall–Kier alpha value is -2.02. The molecule has 0 atom stereocenters. The van der Waals surface area contributed by atoms with Gasteiger partial charge in [0.2, 0.25) is 0 Å². The van der Waals surface area contributed by atoms with Crippen LogP contribution in [0.5, 0.6) is 0 Å². The lowest BCUT2D eigenvalue weighted by molar-refractivity contribution is -0.137. The van der Waals surface area contributed by atoms with Crippen LogP contribution in [0.3, 0.4) is 0 Å². The zero-order chi connectivity index (χ0) is 14.2. The fourth-order valence-corrected chi connectivity index (χ4v) is 1.89. The number of imidazole rings is 1. The molecule has 0 saturated heterocycles. The molecule has 0 fully saturated rings. The molecule has 5 nitrogen and oxygen atoms in total. The second-order valence-corrected chi connectivity index (χ2v) is 4.50. The van der Waals surface area contributed by atoms with Gasteiger partial charge in [0.15, 0.2) is 11.6 Å². The van der Waals surface area contributed by atoms with Crippen LogP contribution in [0.15, 0.2) is 12.1 Å². The van der Waals surface area contributed by atoms with E-state index < -0.39 is 17.6 Å². The summed E-state index contributed by atoms with van der Waals surface area (Å²) in [6.45, 7) is 0.0376. The minimum absolute atomic E-state index is 0.247. The minimum atomic E-state index is -1.07. The van der Waals surface area contributed by atoms with Crippen LogP contribution < -0.4 is 0 Å². The summed E-state index contributed by atoms with van der Waals surface area (Å²) in [6.07, 6.45) is 0. The quantitative estimate of drug-likeness (QED) is 0.913. The molecule has 1 aromatic heterocycles. The van der Waals surface area contributed by atoms with E-state index in [4.69, 9.17) is 5.11 Å². The van der Waals surface area contributed by atoms with Gasteiger partial charge in [0.25, 0.3) is 0 Å². The zero-order valence-corrected chi connectivity index (χ0v) is 10.5. The topological polar surface area (TPSA) is 58.4 Å². The van der Waals surface area contributed by atoms with Crippen LogP contribution >= 0.6 is 0 Å². The van der Waals surface area contributed by atoms with Crippen molar-refractivity contribution in [1.82, 2.24) is 14.5 Å². The highest BCUT2D eigenvalue weighted by atomic mass is 19.2. The van der Waals surface area contributed by atoms with Gasteiger partial charge in [-0.05, 0) is 14.1 Å². The molecule has 0 radical (unpaired) electrons. The van der Waals surface area contributed by atoms with Crippen LogP contribution in [0.4, 0.5) is 8.78 Å². The fourth-order valence-electron chi connectivity index (χ4n) is 1.89. The Balaban J connectivity index is 2.62. The fraction of sp³-hybridized carbons (Fsp3) is 0.333. The highest BCUT2D eigenvalue weighted by Gasteiger charge is 2.16. The number of nitrogens with zero attached hydrogens (tertiary/aromatic N) is 3. The molecule has 0 saturated carbocycles. The van der Waals surface area contributed by atoms with Crippen molar-refractivity contribution in [1.29, 1.82) is 0 Å². The van der Waals surface area contributed by atoms with Crippen LogP contribution in [0.2, 0.25) is 0 Å². The number of hydrogen-bond acceptors (Lipinski definition) is 3. The number of carboxylic acids is 1. The molecule has 19 heavy (non-hydrogen) atoms. The molecule has 2 rings (SSSR count). The van der Waals surface area contributed by atoms with Crippen LogP contribution in [0.1, 0.15) is 5.82 Å². The average Bonchev–Trinajstić information content (AvgIpc) is 2.56. The van der Waals surface area contributed by atoms with Gasteiger partial charge in [0, 0.05) is 12.1 Å². The first-order valence-electron chi connectivity index (χ1n) is 5.59. The number of carbonyl (C=O) groups is 1. The van der Waals surface area contributed by atoms with Gasteiger partial charge in [-0.15, -0.1) is 0 Å². The number of hydrogen-bond donors (Lipinski definition) is 1. The maximum atomic E-state index is 13.3. The third kappa shape index (κ3) is 2.70. The number of carboxylic acid groups (broad SMARTS) is 1. The number of rotatable bonds is 4. The van der Waals surface area contributed by atoms with Crippen molar-refractivity contribution in [2.45, 2.75) is 13.1 Å². The molecule has 0 amide bonds.